The van der Waals surface area contributed by atoms with Crippen LogP contribution in [0.3, 0.4) is 0 Å². The first-order valence-corrected chi connectivity index (χ1v) is 11.5. The normalized spacial score (nSPS) is 13.5. The quantitative estimate of drug-likeness (QED) is 0.397. The maximum Gasteiger partial charge on any atom is 0.452 e. The molecule has 0 radical (unpaired) electrons. The van der Waals surface area contributed by atoms with Gasteiger partial charge in [0, 0.05) is 17.5 Å². The molecule has 0 aliphatic carbocycles. The van der Waals surface area contributed by atoms with Crippen molar-refractivity contribution in [2.24, 2.45) is 5.92 Å². The fourth-order valence-corrected chi connectivity index (χ4v) is 3.47. The van der Waals surface area contributed by atoms with Crippen LogP contribution in [0.25, 0.3) is 6.08 Å². The number of carbonyl (C=O) groups is 3. The van der Waals surface area contributed by atoms with Gasteiger partial charge in [-0.2, -0.15) is 13.2 Å². The second-order valence-corrected chi connectivity index (χ2v) is 9.24. The molecule has 0 saturated heterocycles. The zero-order chi connectivity index (χ0) is 26.3. The first-order chi connectivity index (χ1) is 16.3. The van der Waals surface area contributed by atoms with Gasteiger partial charge < -0.3 is 10.6 Å². The minimum Gasteiger partial charge on any atom is -0.344 e. The predicted molar refractivity (Wildman–Crippen MR) is 130 cm³/mol. The summed E-state index contributed by atoms with van der Waals surface area (Å²) in [6.45, 7) is 2.75. The maximum atomic E-state index is 13.0. The van der Waals surface area contributed by atoms with Crippen molar-refractivity contribution in [3.63, 3.8) is 0 Å². The van der Waals surface area contributed by atoms with Crippen LogP contribution >= 0.6 is 34.8 Å². The summed E-state index contributed by atoms with van der Waals surface area (Å²) in [6.07, 6.45) is -2.61. The number of alkyl halides is 3. The molecule has 0 aliphatic heterocycles. The van der Waals surface area contributed by atoms with Crippen LogP contribution in [0.15, 0.2) is 48.5 Å². The Morgan fingerprint density at radius 2 is 1.57 bits per heavy atom. The molecular formula is C24H22Cl3F3N2O3. The molecule has 2 atom stereocenters. The van der Waals surface area contributed by atoms with Gasteiger partial charge in [-0.15, -0.1) is 0 Å². The molecule has 2 aromatic carbocycles. The Kier molecular flexibility index (Phi) is 10.2. The summed E-state index contributed by atoms with van der Waals surface area (Å²) in [5.41, 5.74) is 1.15. The standard InChI is InChI=1S/C24H22Cl3F3N2O3/c1-13(2)21(22(34)24(28,29)30)32-23(35)19(12-15-3-7-16(25)8-4-15)31-20(33)10-6-14-5-9-17(26)18(27)11-14/h3-11,13,19,21H,12H2,1-2H3,(H,31,33)(H,32,35)/t19-,21-/m0/s1. The van der Waals surface area contributed by atoms with Crippen LogP contribution in [0.4, 0.5) is 13.2 Å². The van der Waals surface area contributed by atoms with Gasteiger partial charge >= 0.3 is 6.18 Å². The topological polar surface area (TPSA) is 75.3 Å². The van der Waals surface area contributed by atoms with Gasteiger partial charge in [0.2, 0.25) is 11.8 Å². The average Bonchev–Trinajstić information content (AvgIpc) is 2.77. The van der Waals surface area contributed by atoms with E-state index in [0.717, 1.165) is 6.08 Å². The highest BCUT2D eigenvalue weighted by atomic mass is 35.5. The van der Waals surface area contributed by atoms with E-state index in [1.807, 2.05) is 0 Å². The summed E-state index contributed by atoms with van der Waals surface area (Å²) >= 11 is 17.7. The van der Waals surface area contributed by atoms with Crippen molar-refractivity contribution in [3.05, 3.63) is 74.7 Å². The Bertz CT molecular complexity index is 1100. The van der Waals surface area contributed by atoms with Crippen LogP contribution in [0, 0.1) is 5.92 Å². The second-order valence-electron chi connectivity index (χ2n) is 7.99. The van der Waals surface area contributed by atoms with Crippen LogP contribution in [0.5, 0.6) is 0 Å². The number of hydrogen-bond donors (Lipinski definition) is 2. The Balaban J connectivity index is 2.24. The Morgan fingerprint density at radius 3 is 2.11 bits per heavy atom. The first kappa shape index (κ1) is 28.7. The minimum atomic E-state index is -5.13. The van der Waals surface area contributed by atoms with Crippen LogP contribution < -0.4 is 10.6 Å². The number of halogens is 6. The number of ketones is 1. The molecule has 2 aromatic rings. The number of nitrogens with one attached hydrogen (secondary N) is 2. The molecule has 11 heteroatoms. The van der Waals surface area contributed by atoms with Crippen LogP contribution in [0.1, 0.15) is 25.0 Å². The van der Waals surface area contributed by atoms with Crippen molar-refractivity contribution in [1.29, 1.82) is 0 Å². The number of amides is 2. The van der Waals surface area contributed by atoms with Gasteiger partial charge in [-0.25, -0.2) is 0 Å². The number of hydrogen-bond acceptors (Lipinski definition) is 3. The van der Waals surface area contributed by atoms with Gasteiger partial charge in [-0.3, -0.25) is 14.4 Å². The van der Waals surface area contributed by atoms with Gasteiger partial charge in [-0.1, -0.05) is 66.8 Å². The third-order valence-corrected chi connectivity index (χ3v) is 5.87. The SMILES string of the molecule is CC(C)[C@H](NC(=O)[C@H](Cc1ccc(Cl)cc1)NC(=O)C=Cc1ccc(Cl)c(Cl)c1)C(=O)C(F)(F)F. The van der Waals surface area contributed by atoms with E-state index in [9.17, 15) is 27.6 Å². The highest BCUT2D eigenvalue weighted by molar-refractivity contribution is 6.42. The smallest absolute Gasteiger partial charge is 0.344 e. The molecule has 0 spiro atoms. The largest absolute Gasteiger partial charge is 0.452 e. The number of Topliss-reactive ketones (excluding diaryl/α,β-unsaturated/α-hetero) is 1. The van der Waals surface area contributed by atoms with Crippen molar-refractivity contribution in [2.45, 2.75) is 38.5 Å². The van der Waals surface area contributed by atoms with Gasteiger partial charge in [0.1, 0.15) is 6.04 Å². The number of benzene rings is 2. The molecule has 0 bridgehead atoms. The summed E-state index contributed by atoms with van der Waals surface area (Å²) in [7, 11) is 0. The summed E-state index contributed by atoms with van der Waals surface area (Å²) in [5.74, 6) is -4.53. The highest BCUT2D eigenvalue weighted by Gasteiger charge is 2.45. The van der Waals surface area contributed by atoms with E-state index in [2.05, 4.69) is 10.6 Å². The van der Waals surface area contributed by atoms with Crippen LogP contribution in [-0.4, -0.2) is 35.9 Å². The lowest BCUT2D eigenvalue weighted by Crippen LogP contribution is -2.55. The van der Waals surface area contributed by atoms with Gasteiger partial charge in [0.15, 0.2) is 0 Å². The fourth-order valence-electron chi connectivity index (χ4n) is 3.04. The molecule has 0 unspecified atom stereocenters. The second kappa shape index (κ2) is 12.4. The molecule has 0 saturated carbocycles. The van der Waals surface area contributed by atoms with Gasteiger partial charge in [-0.05, 0) is 47.4 Å². The summed E-state index contributed by atoms with van der Waals surface area (Å²) < 4.78 is 39.0. The summed E-state index contributed by atoms with van der Waals surface area (Å²) in [4.78, 5) is 37.3. The third-order valence-electron chi connectivity index (χ3n) is 4.88. The van der Waals surface area contributed by atoms with E-state index in [1.165, 1.54) is 26.0 Å². The molecule has 0 heterocycles. The molecule has 2 N–H and O–H groups in total. The third kappa shape index (κ3) is 8.87. The van der Waals surface area contributed by atoms with Gasteiger partial charge in [0.25, 0.3) is 5.78 Å². The summed E-state index contributed by atoms with van der Waals surface area (Å²) in [6, 6.07) is 7.98. The van der Waals surface area contributed by atoms with E-state index in [0.29, 0.717) is 21.2 Å². The van der Waals surface area contributed by atoms with Crippen molar-refractivity contribution in [3.8, 4) is 0 Å². The Labute approximate surface area is 215 Å². The lowest BCUT2D eigenvalue weighted by atomic mass is 9.98. The number of carbonyl (C=O) groups excluding carboxylic acids is 3. The predicted octanol–water partition coefficient (Wildman–Crippen LogP) is 5.66. The van der Waals surface area contributed by atoms with E-state index >= 15 is 0 Å². The molecule has 2 rings (SSSR count). The van der Waals surface area contributed by atoms with Crippen molar-refractivity contribution in [2.75, 3.05) is 0 Å². The van der Waals surface area contributed by atoms with Crippen molar-refractivity contribution < 1.29 is 27.6 Å². The lowest BCUT2D eigenvalue weighted by Gasteiger charge is -2.25. The fraction of sp³-hybridized carbons (Fsp3) is 0.292. The van der Waals surface area contributed by atoms with E-state index in [-0.39, 0.29) is 11.4 Å². The zero-order valence-corrected chi connectivity index (χ0v) is 20.9. The molecule has 35 heavy (non-hydrogen) atoms. The van der Waals surface area contributed by atoms with Crippen molar-refractivity contribution >= 4 is 58.5 Å². The molecule has 5 nitrogen and oxygen atoms in total. The van der Waals surface area contributed by atoms with E-state index in [4.69, 9.17) is 34.8 Å². The molecule has 0 fully saturated rings. The van der Waals surface area contributed by atoms with E-state index in [1.54, 1.807) is 36.4 Å². The average molecular weight is 550 g/mol. The molecule has 0 aromatic heterocycles. The van der Waals surface area contributed by atoms with Gasteiger partial charge in [0.05, 0.1) is 16.1 Å². The molecule has 188 valence electrons. The summed E-state index contributed by atoms with van der Waals surface area (Å²) in [5, 5.41) is 5.68. The van der Waals surface area contributed by atoms with Crippen LogP contribution in [-0.2, 0) is 20.8 Å². The monoisotopic (exact) mass is 548 g/mol. The first-order valence-electron chi connectivity index (χ1n) is 10.4. The minimum absolute atomic E-state index is 0.0552. The lowest BCUT2D eigenvalue weighted by molar-refractivity contribution is -0.175. The van der Waals surface area contributed by atoms with Crippen molar-refractivity contribution in [1.82, 2.24) is 10.6 Å². The molecule has 0 aliphatic rings. The highest BCUT2D eigenvalue weighted by Crippen LogP contribution is 2.23. The maximum absolute atomic E-state index is 13.0. The molecule has 2 amide bonds. The molecular weight excluding hydrogens is 528 g/mol. The van der Waals surface area contributed by atoms with Crippen LogP contribution in [0.2, 0.25) is 15.1 Å². The number of rotatable bonds is 9. The Hall–Kier alpha value is -2.55. The van der Waals surface area contributed by atoms with E-state index < -0.39 is 41.8 Å². The zero-order valence-electron chi connectivity index (χ0n) is 18.6. The Morgan fingerprint density at radius 1 is 0.943 bits per heavy atom.